The van der Waals surface area contributed by atoms with E-state index >= 15 is 0 Å². The molecule has 2 rings (SSSR count). The topological polar surface area (TPSA) is 79.4 Å². The van der Waals surface area contributed by atoms with Crippen LogP contribution in [0.1, 0.15) is 15.4 Å². The van der Waals surface area contributed by atoms with Gasteiger partial charge in [0, 0.05) is 25.3 Å². The van der Waals surface area contributed by atoms with Crippen molar-refractivity contribution in [3.05, 3.63) is 41.0 Å². The maximum atomic E-state index is 12.1. The molecule has 1 aromatic heterocycles. The van der Waals surface area contributed by atoms with E-state index in [1.54, 1.807) is 25.1 Å². The molecule has 2 aromatic rings. The van der Waals surface area contributed by atoms with Gasteiger partial charge in [-0.1, -0.05) is 6.07 Å². The van der Waals surface area contributed by atoms with Crippen molar-refractivity contribution in [1.82, 2.24) is 9.71 Å². The van der Waals surface area contributed by atoms with Gasteiger partial charge in [0.1, 0.15) is 0 Å². The number of carbonyl (C=O) groups is 1. The van der Waals surface area contributed by atoms with E-state index in [1.165, 1.54) is 6.20 Å². The van der Waals surface area contributed by atoms with Gasteiger partial charge in [0.05, 0.1) is 11.2 Å². The number of aryl methyl sites for hydroxylation is 1. The van der Waals surface area contributed by atoms with Crippen molar-refractivity contribution >= 4 is 33.0 Å². The predicted molar refractivity (Wildman–Crippen MR) is 82.3 cm³/mol. The molecule has 112 valence electrons. The predicted octanol–water partition coefficient (Wildman–Crippen LogP) is 1.64. The average molecular weight is 325 g/mol. The summed E-state index contributed by atoms with van der Waals surface area (Å²) >= 11 is 1.02. The first kappa shape index (κ1) is 15.5. The van der Waals surface area contributed by atoms with E-state index in [-0.39, 0.29) is 9.77 Å². The summed E-state index contributed by atoms with van der Waals surface area (Å²) in [5, 5.41) is 0.623. The molecule has 0 unspecified atom stereocenters. The van der Waals surface area contributed by atoms with Gasteiger partial charge >= 0.3 is 0 Å². The zero-order valence-corrected chi connectivity index (χ0v) is 13.5. The number of thiazole rings is 1. The second-order valence-corrected chi connectivity index (χ2v) is 7.72. The van der Waals surface area contributed by atoms with E-state index in [9.17, 15) is 13.2 Å². The van der Waals surface area contributed by atoms with E-state index < -0.39 is 15.9 Å². The van der Waals surface area contributed by atoms with Gasteiger partial charge in [-0.2, -0.15) is 0 Å². The molecule has 0 aliphatic heterocycles. The van der Waals surface area contributed by atoms with Crippen LogP contribution in [0.2, 0.25) is 0 Å². The van der Waals surface area contributed by atoms with Gasteiger partial charge in [0.2, 0.25) is 0 Å². The lowest BCUT2D eigenvalue weighted by atomic mass is 10.2. The fourth-order valence-corrected chi connectivity index (χ4v) is 3.70. The molecular formula is C13H15N3O3S2. The van der Waals surface area contributed by atoms with E-state index in [0.29, 0.717) is 5.01 Å². The lowest BCUT2D eigenvalue weighted by Crippen LogP contribution is -2.30. The Kier molecular flexibility index (Phi) is 4.29. The molecular weight excluding hydrogens is 310 g/mol. The molecule has 0 atom stereocenters. The van der Waals surface area contributed by atoms with Crippen LogP contribution >= 0.6 is 11.3 Å². The van der Waals surface area contributed by atoms with Gasteiger partial charge in [-0.3, -0.25) is 4.79 Å². The Balaban J connectivity index is 2.23. The zero-order valence-electron chi connectivity index (χ0n) is 11.8. The van der Waals surface area contributed by atoms with Gasteiger partial charge in [-0.25, -0.2) is 18.1 Å². The first-order valence-corrected chi connectivity index (χ1v) is 8.36. The van der Waals surface area contributed by atoms with E-state index in [1.807, 2.05) is 25.1 Å². The Bertz CT molecular complexity index is 766. The Labute approximate surface area is 127 Å². The molecule has 0 aliphatic rings. The minimum absolute atomic E-state index is 0.0251. The van der Waals surface area contributed by atoms with Gasteiger partial charge in [0.15, 0.2) is 4.21 Å². The van der Waals surface area contributed by atoms with Crippen molar-refractivity contribution in [1.29, 1.82) is 0 Å². The minimum atomic E-state index is -3.88. The second-order valence-electron chi connectivity index (χ2n) is 4.58. The van der Waals surface area contributed by atoms with Crippen LogP contribution in [0, 0.1) is 6.92 Å². The van der Waals surface area contributed by atoms with Crippen molar-refractivity contribution in [3.8, 4) is 0 Å². The molecule has 0 saturated heterocycles. The molecule has 6 nitrogen and oxygen atoms in total. The van der Waals surface area contributed by atoms with Gasteiger partial charge < -0.3 is 4.90 Å². The van der Waals surface area contributed by atoms with Crippen LogP contribution in [0.3, 0.4) is 0 Å². The second kappa shape index (κ2) is 5.82. The van der Waals surface area contributed by atoms with Crippen LogP contribution in [0.4, 0.5) is 5.69 Å². The van der Waals surface area contributed by atoms with Crippen molar-refractivity contribution in [2.75, 3.05) is 19.0 Å². The quantitative estimate of drug-likeness (QED) is 0.924. The summed E-state index contributed by atoms with van der Waals surface area (Å²) in [5.41, 5.74) is 1.10. The Hall–Kier alpha value is -1.93. The highest BCUT2D eigenvalue weighted by molar-refractivity contribution is 7.92. The van der Waals surface area contributed by atoms with Crippen molar-refractivity contribution in [2.45, 2.75) is 11.1 Å². The Morgan fingerprint density at radius 3 is 2.62 bits per heavy atom. The lowest BCUT2D eigenvalue weighted by molar-refractivity contribution is 0.0981. The van der Waals surface area contributed by atoms with Gasteiger partial charge in [-0.05, 0) is 25.1 Å². The number of anilines is 1. The van der Waals surface area contributed by atoms with Gasteiger partial charge in [-0.15, -0.1) is 11.3 Å². The van der Waals surface area contributed by atoms with Gasteiger partial charge in [0.25, 0.3) is 15.9 Å². The van der Waals surface area contributed by atoms with Crippen molar-refractivity contribution in [2.24, 2.45) is 0 Å². The van der Waals surface area contributed by atoms with Crippen LogP contribution in [0.15, 0.2) is 34.7 Å². The number of sulfonamides is 1. The smallest absolute Gasteiger partial charge is 0.275 e. The molecule has 1 amide bonds. The Morgan fingerprint density at radius 1 is 1.33 bits per heavy atom. The molecule has 0 spiro atoms. The standard InChI is InChI=1S/C13H15N3O3S2/c1-9-14-8-12(20-9)21(18,19)15-13(17)10-5-4-6-11(7-10)16(2)3/h4-8H,1-3H3,(H,15,17). The number of rotatable bonds is 4. The highest BCUT2D eigenvalue weighted by Crippen LogP contribution is 2.18. The third-order valence-corrected chi connectivity index (χ3v) is 5.42. The fourth-order valence-electron chi connectivity index (χ4n) is 1.62. The molecule has 1 aromatic carbocycles. The number of hydrogen-bond donors (Lipinski definition) is 1. The van der Waals surface area contributed by atoms with E-state index in [4.69, 9.17) is 0 Å². The maximum Gasteiger partial charge on any atom is 0.275 e. The van der Waals surface area contributed by atoms with Crippen LogP contribution in [-0.2, 0) is 10.0 Å². The molecule has 0 radical (unpaired) electrons. The van der Waals surface area contributed by atoms with Crippen LogP contribution in [0.5, 0.6) is 0 Å². The summed E-state index contributed by atoms with van der Waals surface area (Å²) in [7, 11) is -0.195. The normalized spacial score (nSPS) is 11.2. The maximum absolute atomic E-state index is 12.1. The number of benzene rings is 1. The monoisotopic (exact) mass is 325 g/mol. The largest absolute Gasteiger partial charge is 0.378 e. The molecule has 1 heterocycles. The van der Waals surface area contributed by atoms with E-state index in [0.717, 1.165) is 17.0 Å². The molecule has 0 fully saturated rings. The number of hydrogen-bond acceptors (Lipinski definition) is 6. The first-order valence-electron chi connectivity index (χ1n) is 6.06. The average Bonchev–Trinajstić information content (AvgIpc) is 2.86. The molecule has 0 bridgehead atoms. The number of amides is 1. The summed E-state index contributed by atoms with van der Waals surface area (Å²) in [5.74, 6) is -0.662. The molecule has 0 aliphatic carbocycles. The number of aromatic nitrogens is 1. The molecule has 8 heteroatoms. The summed E-state index contributed by atoms with van der Waals surface area (Å²) in [6, 6.07) is 6.73. The summed E-state index contributed by atoms with van der Waals surface area (Å²) < 4.78 is 26.2. The molecule has 1 N–H and O–H groups in total. The van der Waals surface area contributed by atoms with Crippen LogP contribution in [-0.4, -0.2) is 33.4 Å². The SMILES string of the molecule is Cc1ncc(S(=O)(=O)NC(=O)c2cccc(N(C)C)c2)s1. The first-order chi connectivity index (χ1) is 9.79. The summed E-state index contributed by atoms with van der Waals surface area (Å²) in [4.78, 5) is 17.8. The summed E-state index contributed by atoms with van der Waals surface area (Å²) in [6.07, 6.45) is 1.24. The van der Waals surface area contributed by atoms with Crippen LogP contribution < -0.4 is 9.62 Å². The zero-order chi connectivity index (χ0) is 15.6. The summed E-state index contributed by atoms with van der Waals surface area (Å²) in [6.45, 7) is 1.70. The fraction of sp³-hybridized carbons (Fsp3) is 0.231. The third-order valence-electron chi connectivity index (χ3n) is 2.72. The Morgan fingerprint density at radius 2 is 2.05 bits per heavy atom. The minimum Gasteiger partial charge on any atom is -0.378 e. The van der Waals surface area contributed by atoms with E-state index in [2.05, 4.69) is 9.71 Å². The van der Waals surface area contributed by atoms with Crippen LogP contribution in [0.25, 0.3) is 0 Å². The number of carbonyl (C=O) groups excluding carboxylic acids is 1. The highest BCUT2D eigenvalue weighted by Gasteiger charge is 2.21. The number of nitrogens with zero attached hydrogens (tertiary/aromatic N) is 2. The lowest BCUT2D eigenvalue weighted by Gasteiger charge is -2.13. The highest BCUT2D eigenvalue weighted by atomic mass is 32.2. The van der Waals surface area contributed by atoms with Crippen molar-refractivity contribution < 1.29 is 13.2 Å². The van der Waals surface area contributed by atoms with Crippen molar-refractivity contribution in [3.63, 3.8) is 0 Å². The third kappa shape index (κ3) is 3.59. The number of nitrogens with one attached hydrogen (secondary N) is 1. The molecule has 0 saturated carbocycles. The molecule has 21 heavy (non-hydrogen) atoms.